The molecular formula is C65H53N. The largest absolute Gasteiger partial charge is 0.310 e. The number of anilines is 3. The lowest BCUT2D eigenvalue weighted by atomic mass is 9.45. The third-order valence-electron chi connectivity index (χ3n) is 16.4. The van der Waals surface area contributed by atoms with E-state index in [0.29, 0.717) is 11.8 Å². The van der Waals surface area contributed by atoms with Gasteiger partial charge in [-0.2, -0.15) is 0 Å². The Kier molecular flexibility index (Phi) is 9.52. The molecule has 0 N–H and O–H groups in total. The van der Waals surface area contributed by atoms with Gasteiger partial charge in [0.1, 0.15) is 0 Å². The fourth-order valence-corrected chi connectivity index (χ4v) is 13.6. The lowest BCUT2D eigenvalue weighted by Crippen LogP contribution is -2.53. The van der Waals surface area contributed by atoms with Crippen LogP contribution < -0.4 is 4.90 Å². The first-order valence-corrected chi connectivity index (χ1v) is 24.4. The highest BCUT2D eigenvalue weighted by Crippen LogP contribution is 2.68. The average molecular weight is 848 g/mol. The maximum atomic E-state index is 2.65. The molecule has 66 heavy (non-hydrogen) atoms. The van der Waals surface area contributed by atoms with Crippen LogP contribution in [0, 0.1) is 23.7 Å². The van der Waals surface area contributed by atoms with Crippen LogP contribution in [0.15, 0.2) is 224 Å². The first kappa shape index (κ1) is 39.2. The van der Waals surface area contributed by atoms with Crippen molar-refractivity contribution in [3.8, 4) is 66.8 Å². The van der Waals surface area contributed by atoms with Crippen molar-refractivity contribution in [1.82, 2.24) is 0 Å². The van der Waals surface area contributed by atoms with Gasteiger partial charge in [0.25, 0.3) is 0 Å². The van der Waals surface area contributed by atoms with Crippen molar-refractivity contribution >= 4 is 17.1 Å². The molecule has 318 valence electrons. The van der Waals surface area contributed by atoms with Gasteiger partial charge in [-0.25, -0.2) is 0 Å². The summed E-state index contributed by atoms with van der Waals surface area (Å²) < 4.78 is 0. The third kappa shape index (κ3) is 6.28. The quantitative estimate of drug-likeness (QED) is 0.147. The van der Waals surface area contributed by atoms with Crippen molar-refractivity contribution in [1.29, 1.82) is 0 Å². The molecule has 3 bridgehead atoms. The van der Waals surface area contributed by atoms with Crippen molar-refractivity contribution in [2.24, 2.45) is 23.7 Å². The number of para-hydroxylation sites is 1. The van der Waals surface area contributed by atoms with Crippen molar-refractivity contribution in [3.63, 3.8) is 0 Å². The van der Waals surface area contributed by atoms with Crippen molar-refractivity contribution in [3.05, 3.63) is 236 Å². The lowest BCUT2D eigenvalue weighted by molar-refractivity contribution is -0.0227. The van der Waals surface area contributed by atoms with Gasteiger partial charge in [0.05, 0.1) is 5.69 Å². The van der Waals surface area contributed by atoms with E-state index in [-0.39, 0.29) is 5.41 Å². The maximum Gasteiger partial charge on any atom is 0.0540 e. The number of fused-ring (bicyclic) bond motifs is 9. The number of hydrogen-bond acceptors (Lipinski definition) is 1. The van der Waals surface area contributed by atoms with Crippen molar-refractivity contribution in [2.75, 3.05) is 4.90 Å². The Labute approximate surface area is 390 Å². The predicted molar refractivity (Wildman–Crippen MR) is 276 cm³/mol. The van der Waals surface area contributed by atoms with E-state index in [1.54, 1.807) is 11.1 Å². The second-order valence-corrected chi connectivity index (χ2v) is 19.5. The minimum Gasteiger partial charge on any atom is -0.310 e. The standard InChI is InChI=1S/C65H53N/c1-3-16-44(17-4-1)48-20-15-21-49(40-48)45-32-36-53(37-33-45)66(64-29-14-12-27-61(64)58-25-10-9-24-57(58)56-23-8-7-22-55(56)47-18-5-2-6-19-47)54-38-39-60-59-26-11-13-28-62(59)65(63(60)43-54)51-34-30-46-31-35-52(65)42-50(46)41-51/h1-29,32-33,36-40,43,46,50-52H,30-31,34-35,41-42H2. The Morgan fingerprint density at radius 1 is 0.303 bits per heavy atom. The smallest absolute Gasteiger partial charge is 0.0540 e. The van der Waals surface area contributed by atoms with Gasteiger partial charge < -0.3 is 4.90 Å². The van der Waals surface area contributed by atoms with Gasteiger partial charge in [0, 0.05) is 22.4 Å². The fourth-order valence-electron chi connectivity index (χ4n) is 13.6. The van der Waals surface area contributed by atoms with Gasteiger partial charge in [-0.15, -0.1) is 0 Å². The van der Waals surface area contributed by atoms with Crippen LogP contribution in [0.2, 0.25) is 0 Å². The molecule has 0 amide bonds. The van der Waals surface area contributed by atoms with Gasteiger partial charge in [0.2, 0.25) is 0 Å². The van der Waals surface area contributed by atoms with E-state index < -0.39 is 0 Å². The monoisotopic (exact) mass is 847 g/mol. The van der Waals surface area contributed by atoms with E-state index in [1.165, 1.54) is 117 Å². The highest BCUT2D eigenvalue weighted by molar-refractivity contribution is 5.98. The average Bonchev–Trinajstić information content (AvgIpc) is 3.69. The van der Waals surface area contributed by atoms with Gasteiger partial charge in [0.15, 0.2) is 0 Å². The molecule has 1 heteroatoms. The molecule has 1 nitrogen and oxygen atoms in total. The second kappa shape index (κ2) is 16.0. The van der Waals surface area contributed by atoms with E-state index >= 15 is 0 Å². The zero-order valence-electron chi connectivity index (χ0n) is 37.4. The Morgan fingerprint density at radius 2 is 0.788 bits per heavy atom. The number of nitrogens with zero attached hydrogens (tertiary/aromatic N) is 1. The van der Waals surface area contributed by atoms with Crippen LogP contribution in [0.3, 0.4) is 0 Å². The Balaban J connectivity index is 0.997. The molecule has 13 rings (SSSR count). The number of hydrogen-bond donors (Lipinski definition) is 0. The molecular weight excluding hydrogens is 795 g/mol. The first-order valence-electron chi connectivity index (χ1n) is 24.4. The zero-order valence-corrected chi connectivity index (χ0v) is 37.4. The zero-order chi connectivity index (χ0) is 43.6. The molecule has 0 radical (unpaired) electrons. The summed E-state index contributed by atoms with van der Waals surface area (Å²) in [4.78, 5) is 2.57. The van der Waals surface area contributed by atoms with Crippen LogP contribution in [-0.4, -0.2) is 0 Å². The fraction of sp³-hybridized carbons (Fsp3) is 0.169. The molecule has 4 aliphatic carbocycles. The van der Waals surface area contributed by atoms with E-state index in [0.717, 1.165) is 17.5 Å². The van der Waals surface area contributed by atoms with Crippen molar-refractivity contribution < 1.29 is 0 Å². The summed E-state index contributed by atoms with van der Waals surface area (Å²) in [5, 5.41) is 0. The number of benzene rings is 9. The normalized spacial score (nSPS) is 21.0. The number of rotatable bonds is 8. The molecule has 0 aromatic heterocycles. The first-order chi connectivity index (χ1) is 32.7. The van der Waals surface area contributed by atoms with Gasteiger partial charge in [-0.05, 0) is 171 Å². The molecule has 3 saturated carbocycles. The highest BCUT2D eigenvalue weighted by atomic mass is 15.1. The SMILES string of the molecule is c1ccc(-c2cccc(-c3ccc(N(c4ccc5c(c4)C4(c6ccccc6-5)C5CCC6CCC4CC6C5)c4ccccc4-c4ccccc4-c4ccccc4-c4ccccc4)cc3)c2)cc1. The van der Waals surface area contributed by atoms with E-state index in [2.05, 4.69) is 229 Å². The molecule has 9 aromatic rings. The molecule has 0 saturated heterocycles. The topological polar surface area (TPSA) is 3.24 Å². The van der Waals surface area contributed by atoms with Crippen LogP contribution in [0.1, 0.15) is 49.7 Å². The summed E-state index contributed by atoms with van der Waals surface area (Å²) in [6, 6.07) is 84.0. The van der Waals surface area contributed by atoms with Crippen LogP contribution in [0.25, 0.3) is 66.8 Å². The summed E-state index contributed by atoms with van der Waals surface area (Å²) in [5.74, 6) is 3.20. The Morgan fingerprint density at radius 3 is 1.47 bits per heavy atom. The van der Waals surface area contributed by atoms with Crippen LogP contribution in [-0.2, 0) is 5.41 Å². The minimum atomic E-state index is 0.0520. The Bertz CT molecular complexity index is 3220. The van der Waals surface area contributed by atoms with Crippen molar-refractivity contribution in [2.45, 2.75) is 43.9 Å². The van der Waals surface area contributed by atoms with Gasteiger partial charge in [-0.1, -0.05) is 188 Å². The molecule has 0 heterocycles. The highest BCUT2D eigenvalue weighted by Gasteiger charge is 2.60. The summed E-state index contributed by atoms with van der Waals surface area (Å²) in [5.41, 5.74) is 21.9. The summed E-state index contributed by atoms with van der Waals surface area (Å²) in [7, 11) is 0. The third-order valence-corrected chi connectivity index (χ3v) is 16.4. The summed E-state index contributed by atoms with van der Waals surface area (Å²) in [6.07, 6.45) is 8.23. The molecule has 3 fully saturated rings. The molecule has 0 aliphatic heterocycles. The summed E-state index contributed by atoms with van der Waals surface area (Å²) in [6.45, 7) is 0. The minimum absolute atomic E-state index is 0.0520. The second-order valence-electron chi connectivity index (χ2n) is 19.5. The van der Waals surface area contributed by atoms with Gasteiger partial charge in [-0.3, -0.25) is 0 Å². The van der Waals surface area contributed by atoms with Crippen LogP contribution in [0.4, 0.5) is 17.1 Å². The van der Waals surface area contributed by atoms with Gasteiger partial charge >= 0.3 is 0 Å². The lowest BCUT2D eigenvalue weighted by Gasteiger charge is -2.59. The Hall–Kier alpha value is -7.22. The van der Waals surface area contributed by atoms with Crippen LogP contribution >= 0.6 is 0 Å². The predicted octanol–water partition coefficient (Wildman–Crippen LogP) is 17.6. The van der Waals surface area contributed by atoms with E-state index in [9.17, 15) is 0 Å². The van der Waals surface area contributed by atoms with E-state index in [1.807, 2.05) is 0 Å². The molecule has 4 aliphatic rings. The van der Waals surface area contributed by atoms with E-state index in [4.69, 9.17) is 0 Å². The maximum absolute atomic E-state index is 2.65. The molecule has 9 aromatic carbocycles. The molecule has 2 unspecified atom stereocenters. The summed E-state index contributed by atoms with van der Waals surface area (Å²) >= 11 is 0. The molecule has 1 spiro atoms. The van der Waals surface area contributed by atoms with Crippen LogP contribution in [0.5, 0.6) is 0 Å². The molecule has 2 atom stereocenters.